The van der Waals surface area contributed by atoms with Crippen LogP contribution in [0.4, 0.5) is 11.5 Å². The first kappa shape index (κ1) is 17.1. The number of nitrogens with zero attached hydrogens (tertiary/aromatic N) is 4. The van der Waals surface area contributed by atoms with Crippen LogP contribution < -0.4 is 10.6 Å². The van der Waals surface area contributed by atoms with Gasteiger partial charge in [-0.1, -0.05) is 29.8 Å². The maximum atomic E-state index is 9.69. The third-order valence-electron chi connectivity index (χ3n) is 4.38. The van der Waals surface area contributed by atoms with Gasteiger partial charge in [0.2, 0.25) is 0 Å². The van der Waals surface area contributed by atoms with Crippen molar-refractivity contribution in [2.45, 2.75) is 6.92 Å². The summed E-state index contributed by atoms with van der Waals surface area (Å²) in [6.45, 7) is 2.01. The highest BCUT2D eigenvalue weighted by Crippen LogP contribution is 2.36. The zero-order valence-electron chi connectivity index (χ0n) is 15.0. The summed E-state index contributed by atoms with van der Waals surface area (Å²) < 4.78 is 1.78. The normalized spacial score (nSPS) is 10.2. The molecule has 2 N–H and O–H groups in total. The van der Waals surface area contributed by atoms with Crippen LogP contribution in [0.25, 0.3) is 16.9 Å². The van der Waals surface area contributed by atoms with Crippen LogP contribution in [0, 0.1) is 29.6 Å². The molecule has 0 aliphatic rings. The standard InChI is InChI=1S/C21H19N5/c1-14-4-8-17(9-5-14)26-20(18(12-22)19(13-23)21(26)24)15-6-10-16(11-7-15)25(2)3/h4-11H,24H2,1-3H3. The van der Waals surface area contributed by atoms with Crippen molar-refractivity contribution in [3.63, 3.8) is 0 Å². The Morgan fingerprint density at radius 3 is 1.96 bits per heavy atom. The zero-order chi connectivity index (χ0) is 18.8. The summed E-state index contributed by atoms with van der Waals surface area (Å²) in [5, 5.41) is 19.2. The number of anilines is 2. The van der Waals surface area contributed by atoms with E-state index in [2.05, 4.69) is 12.1 Å². The first-order valence-electron chi connectivity index (χ1n) is 8.17. The number of hydrogen-bond donors (Lipinski definition) is 1. The van der Waals surface area contributed by atoms with Crippen molar-refractivity contribution in [2.75, 3.05) is 24.7 Å². The fourth-order valence-corrected chi connectivity index (χ4v) is 2.97. The Morgan fingerprint density at radius 1 is 0.885 bits per heavy atom. The molecule has 0 bridgehead atoms. The molecule has 3 aromatic rings. The Kier molecular flexibility index (Phi) is 4.39. The van der Waals surface area contributed by atoms with Crippen LogP contribution in [-0.4, -0.2) is 18.7 Å². The Hall–Kier alpha value is -3.70. The van der Waals surface area contributed by atoms with E-state index in [1.807, 2.05) is 74.4 Å². The van der Waals surface area contributed by atoms with Crippen molar-refractivity contribution in [1.82, 2.24) is 4.57 Å². The van der Waals surface area contributed by atoms with Crippen molar-refractivity contribution in [3.8, 4) is 29.1 Å². The molecule has 5 heteroatoms. The summed E-state index contributed by atoms with van der Waals surface area (Å²) in [6, 6.07) is 19.9. The second-order valence-corrected chi connectivity index (χ2v) is 6.32. The maximum Gasteiger partial charge on any atom is 0.128 e. The van der Waals surface area contributed by atoms with E-state index in [4.69, 9.17) is 5.73 Å². The summed E-state index contributed by atoms with van der Waals surface area (Å²) in [7, 11) is 3.94. The fourth-order valence-electron chi connectivity index (χ4n) is 2.97. The smallest absolute Gasteiger partial charge is 0.128 e. The Morgan fingerprint density at radius 2 is 1.46 bits per heavy atom. The largest absolute Gasteiger partial charge is 0.384 e. The lowest BCUT2D eigenvalue weighted by Gasteiger charge is -2.15. The first-order chi connectivity index (χ1) is 12.5. The minimum atomic E-state index is 0.208. The lowest BCUT2D eigenvalue weighted by atomic mass is 10.1. The number of aryl methyl sites for hydroxylation is 1. The van der Waals surface area contributed by atoms with Gasteiger partial charge in [0.25, 0.3) is 0 Å². The lowest BCUT2D eigenvalue weighted by molar-refractivity contribution is 1.09. The highest BCUT2D eigenvalue weighted by atomic mass is 15.1. The van der Waals surface area contributed by atoms with Gasteiger partial charge in [0, 0.05) is 31.0 Å². The highest BCUT2D eigenvalue weighted by molar-refractivity contribution is 5.81. The van der Waals surface area contributed by atoms with E-state index in [9.17, 15) is 10.5 Å². The van der Waals surface area contributed by atoms with Crippen molar-refractivity contribution in [3.05, 3.63) is 65.2 Å². The molecule has 0 aliphatic heterocycles. The molecule has 0 spiro atoms. The van der Waals surface area contributed by atoms with Crippen LogP contribution in [0.1, 0.15) is 16.7 Å². The molecule has 0 amide bonds. The highest BCUT2D eigenvalue weighted by Gasteiger charge is 2.23. The summed E-state index contributed by atoms with van der Waals surface area (Å²) in [6.07, 6.45) is 0. The van der Waals surface area contributed by atoms with Gasteiger partial charge in [-0.25, -0.2) is 0 Å². The van der Waals surface area contributed by atoms with E-state index in [-0.39, 0.29) is 11.4 Å². The maximum absolute atomic E-state index is 9.69. The molecular formula is C21H19N5. The second-order valence-electron chi connectivity index (χ2n) is 6.32. The molecule has 26 heavy (non-hydrogen) atoms. The molecule has 0 aliphatic carbocycles. The monoisotopic (exact) mass is 341 g/mol. The van der Waals surface area contributed by atoms with E-state index in [0.717, 1.165) is 22.5 Å². The van der Waals surface area contributed by atoms with Gasteiger partial charge in [0.05, 0.1) is 11.3 Å². The van der Waals surface area contributed by atoms with E-state index in [0.29, 0.717) is 11.3 Å². The molecule has 0 saturated heterocycles. The van der Waals surface area contributed by atoms with Gasteiger partial charge in [0.1, 0.15) is 23.5 Å². The number of aromatic nitrogens is 1. The molecular weight excluding hydrogens is 322 g/mol. The van der Waals surface area contributed by atoms with Gasteiger partial charge >= 0.3 is 0 Å². The zero-order valence-corrected chi connectivity index (χ0v) is 15.0. The predicted octanol–water partition coefficient (Wildman–Crippen LogP) is 3.84. The average Bonchev–Trinajstić information content (AvgIpc) is 2.94. The van der Waals surface area contributed by atoms with Crippen molar-refractivity contribution in [1.29, 1.82) is 10.5 Å². The molecule has 0 saturated carbocycles. The summed E-state index contributed by atoms with van der Waals surface area (Å²) in [5.41, 5.74) is 11.2. The predicted molar refractivity (Wildman–Crippen MR) is 104 cm³/mol. The molecule has 0 unspecified atom stereocenters. The molecule has 0 fully saturated rings. The molecule has 1 heterocycles. The van der Waals surface area contributed by atoms with Crippen LogP contribution >= 0.6 is 0 Å². The average molecular weight is 341 g/mol. The number of nitrogen functional groups attached to an aromatic ring is 1. The van der Waals surface area contributed by atoms with E-state index in [1.165, 1.54) is 0 Å². The second kappa shape index (κ2) is 6.66. The SMILES string of the molecule is Cc1ccc(-n2c(N)c(C#N)c(C#N)c2-c2ccc(N(C)C)cc2)cc1. The number of nitrogens with two attached hydrogens (primary N) is 1. The fraction of sp³-hybridized carbons (Fsp3) is 0.143. The topological polar surface area (TPSA) is 81.8 Å². The molecule has 128 valence electrons. The number of rotatable bonds is 3. The van der Waals surface area contributed by atoms with Crippen molar-refractivity contribution in [2.24, 2.45) is 0 Å². The molecule has 5 nitrogen and oxygen atoms in total. The van der Waals surface area contributed by atoms with Gasteiger partial charge in [-0.2, -0.15) is 10.5 Å². The van der Waals surface area contributed by atoms with Gasteiger partial charge in [-0.15, -0.1) is 0 Å². The van der Waals surface area contributed by atoms with Crippen LogP contribution in [0.15, 0.2) is 48.5 Å². The van der Waals surface area contributed by atoms with Gasteiger partial charge in [0.15, 0.2) is 0 Å². The lowest BCUT2D eigenvalue weighted by Crippen LogP contribution is -2.08. The third kappa shape index (κ3) is 2.76. The summed E-state index contributed by atoms with van der Waals surface area (Å²) in [4.78, 5) is 2.00. The molecule has 3 rings (SSSR count). The number of hydrogen-bond acceptors (Lipinski definition) is 4. The first-order valence-corrected chi connectivity index (χ1v) is 8.17. The van der Waals surface area contributed by atoms with Crippen LogP contribution in [0.5, 0.6) is 0 Å². The van der Waals surface area contributed by atoms with Gasteiger partial charge < -0.3 is 10.6 Å². The Labute approximate surface area is 153 Å². The Bertz CT molecular complexity index is 1030. The molecule has 0 atom stereocenters. The van der Waals surface area contributed by atoms with Gasteiger partial charge in [-0.05, 0) is 31.2 Å². The van der Waals surface area contributed by atoms with Crippen LogP contribution in [0.3, 0.4) is 0 Å². The minimum absolute atomic E-state index is 0.208. The van der Waals surface area contributed by atoms with E-state index in [1.54, 1.807) is 4.57 Å². The van der Waals surface area contributed by atoms with Crippen molar-refractivity contribution < 1.29 is 0 Å². The molecule has 0 radical (unpaired) electrons. The van der Waals surface area contributed by atoms with Gasteiger partial charge in [-0.3, -0.25) is 4.57 Å². The minimum Gasteiger partial charge on any atom is -0.384 e. The Balaban J connectivity index is 2.31. The quantitative estimate of drug-likeness (QED) is 0.784. The van der Waals surface area contributed by atoms with Crippen molar-refractivity contribution >= 4 is 11.5 Å². The van der Waals surface area contributed by atoms with E-state index < -0.39 is 0 Å². The molecule has 2 aromatic carbocycles. The third-order valence-corrected chi connectivity index (χ3v) is 4.38. The number of benzene rings is 2. The van der Waals surface area contributed by atoms with Crippen LogP contribution in [-0.2, 0) is 0 Å². The van der Waals surface area contributed by atoms with E-state index >= 15 is 0 Å². The van der Waals surface area contributed by atoms with Crippen LogP contribution in [0.2, 0.25) is 0 Å². The summed E-state index contributed by atoms with van der Waals surface area (Å²) in [5.74, 6) is 0.277. The molecule has 1 aromatic heterocycles. The summed E-state index contributed by atoms with van der Waals surface area (Å²) >= 11 is 0. The number of nitriles is 2.